The molecule has 1 aliphatic rings. The van der Waals surface area contributed by atoms with Gasteiger partial charge in [0.25, 0.3) is 0 Å². The lowest BCUT2D eigenvalue weighted by atomic mass is 10.1. The average Bonchev–Trinajstić information content (AvgIpc) is 2.81. The number of rotatable bonds is 2. The molecule has 0 spiro atoms. The molecule has 0 fully saturated rings. The number of hydrogen-bond acceptors (Lipinski definition) is 8. The third kappa shape index (κ3) is 2.53. The second-order valence-corrected chi connectivity index (χ2v) is 5.84. The highest BCUT2D eigenvalue weighted by Gasteiger charge is 2.38. The number of aliphatic hydroxyl groups excluding tert-OH is 2. The van der Waals surface area contributed by atoms with Gasteiger partial charge in [0.2, 0.25) is 5.75 Å². The van der Waals surface area contributed by atoms with E-state index < -0.39 is 29.9 Å². The Morgan fingerprint density at radius 1 is 1.20 bits per heavy atom. The first kappa shape index (κ1) is 17.2. The first-order valence-corrected chi connectivity index (χ1v) is 7.61. The van der Waals surface area contributed by atoms with E-state index in [1.54, 1.807) is 11.6 Å². The zero-order valence-electron chi connectivity index (χ0n) is 13.6. The summed E-state index contributed by atoms with van der Waals surface area (Å²) in [6, 6.07) is 1.42. The van der Waals surface area contributed by atoms with E-state index in [1.165, 1.54) is 6.07 Å². The zero-order valence-corrected chi connectivity index (χ0v) is 13.6. The number of aliphatic hydroxyl groups is 2. The second-order valence-electron chi connectivity index (χ2n) is 5.84. The predicted molar refractivity (Wildman–Crippen MR) is 85.4 cm³/mol. The number of carbonyl (C=O) groups excluding carboxylic acids is 2. The van der Waals surface area contributed by atoms with Gasteiger partial charge in [0, 0.05) is 24.2 Å². The topological polar surface area (TPSA) is 144 Å². The molecule has 25 heavy (non-hydrogen) atoms. The molecule has 1 aromatic heterocycles. The van der Waals surface area contributed by atoms with Crippen molar-refractivity contribution >= 4 is 22.8 Å². The zero-order chi connectivity index (χ0) is 18.5. The molecule has 0 saturated heterocycles. The summed E-state index contributed by atoms with van der Waals surface area (Å²) in [5.74, 6) is -3.51. The van der Waals surface area contributed by atoms with Crippen molar-refractivity contribution in [2.75, 3.05) is 6.54 Å². The maximum atomic E-state index is 11.9. The van der Waals surface area contributed by atoms with E-state index >= 15 is 0 Å². The summed E-state index contributed by atoms with van der Waals surface area (Å²) < 4.78 is 11.7. The molecule has 3 rings (SSSR count). The van der Waals surface area contributed by atoms with Crippen LogP contribution in [0.5, 0.6) is 17.2 Å². The molecular weight excluding hydrogens is 332 g/mol. The number of carbonyl (C=O) groups is 2. The van der Waals surface area contributed by atoms with Crippen LogP contribution in [0.1, 0.15) is 11.3 Å². The molecule has 5 N–H and O–H groups in total. The van der Waals surface area contributed by atoms with Crippen molar-refractivity contribution < 1.29 is 34.4 Å². The van der Waals surface area contributed by atoms with Crippen LogP contribution in [0.3, 0.4) is 0 Å². The molecule has 2 heterocycles. The van der Waals surface area contributed by atoms with E-state index in [-0.39, 0.29) is 11.5 Å². The normalized spacial score (nSPS) is 20.7. The highest BCUT2D eigenvalue weighted by Crippen LogP contribution is 2.46. The molecule has 1 aliphatic heterocycles. The molecule has 0 radical (unpaired) electrons. The molecule has 0 bridgehead atoms. The number of fused-ring (bicyclic) bond motifs is 2. The van der Waals surface area contributed by atoms with E-state index in [2.05, 4.69) is 0 Å². The minimum atomic E-state index is -2.11. The van der Waals surface area contributed by atoms with Gasteiger partial charge in [-0.1, -0.05) is 0 Å². The van der Waals surface area contributed by atoms with Gasteiger partial charge in [0.1, 0.15) is 0 Å². The lowest BCUT2D eigenvalue weighted by Gasteiger charge is -2.21. The molecule has 0 aliphatic carbocycles. The van der Waals surface area contributed by atoms with Gasteiger partial charge < -0.3 is 35.1 Å². The van der Waals surface area contributed by atoms with Crippen molar-refractivity contribution in [3.63, 3.8) is 0 Å². The molecule has 0 amide bonds. The van der Waals surface area contributed by atoms with Crippen molar-refractivity contribution in [2.45, 2.75) is 25.6 Å². The first-order valence-electron chi connectivity index (χ1n) is 7.61. The molecule has 2 unspecified atom stereocenters. The van der Waals surface area contributed by atoms with Crippen molar-refractivity contribution in [2.24, 2.45) is 12.8 Å². The molecule has 2 atom stereocenters. The third-order valence-electron chi connectivity index (χ3n) is 4.39. The van der Waals surface area contributed by atoms with Crippen molar-refractivity contribution in [1.82, 2.24) is 4.57 Å². The quantitative estimate of drug-likeness (QED) is 0.409. The van der Waals surface area contributed by atoms with Crippen molar-refractivity contribution in [1.29, 1.82) is 0 Å². The highest BCUT2D eigenvalue weighted by atomic mass is 16.6. The number of aromatic nitrogens is 1. The molecule has 9 nitrogen and oxygen atoms in total. The Bertz CT molecular complexity index is 887. The fraction of sp³-hybridized carbons (Fsp3) is 0.375. The SMILES string of the molecule is Cc1c(CCN)c2c(O)c3c(cc2n1C)OC(=O)C(O)C(O)C(=O)O3. The van der Waals surface area contributed by atoms with Crippen LogP contribution in [-0.2, 0) is 23.1 Å². The summed E-state index contributed by atoms with van der Waals surface area (Å²) in [4.78, 5) is 23.7. The number of aryl methyl sites for hydroxylation is 1. The van der Waals surface area contributed by atoms with Crippen LogP contribution in [0.2, 0.25) is 0 Å². The molecule has 134 valence electrons. The minimum Gasteiger partial charge on any atom is -0.504 e. The lowest BCUT2D eigenvalue weighted by Crippen LogP contribution is -2.45. The minimum absolute atomic E-state index is 0.228. The van der Waals surface area contributed by atoms with Crippen LogP contribution in [0.15, 0.2) is 6.07 Å². The Hall–Kier alpha value is -2.62. The van der Waals surface area contributed by atoms with Gasteiger partial charge in [-0.15, -0.1) is 0 Å². The van der Waals surface area contributed by atoms with Gasteiger partial charge in [0.15, 0.2) is 23.7 Å². The summed E-state index contributed by atoms with van der Waals surface area (Å²) in [6.45, 7) is 2.18. The molecular formula is C16H18N2O7. The summed E-state index contributed by atoms with van der Waals surface area (Å²) >= 11 is 0. The number of nitrogens with zero attached hydrogens (tertiary/aromatic N) is 1. The van der Waals surface area contributed by atoms with Crippen LogP contribution in [0.4, 0.5) is 0 Å². The van der Waals surface area contributed by atoms with E-state index in [0.717, 1.165) is 11.3 Å². The predicted octanol–water partition coefficient (Wildman–Crippen LogP) is -0.760. The fourth-order valence-electron chi connectivity index (χ4n) is 2.95. The first-order chi connectivity index (χ1) is 11.8. The van der Waals surface area contributed by atoms with Gasteiger partial charge in [-0.3, -0.25) is 0 Å². The standard InChI is InChI=1S/C16H18N2O7/c1-6-7(3-4-17)10-8(18(6)2)5-9-14(11(10)19)25-16(23)13(21)12(20)15(22)24-9/h5,12-13,19-21H,3-4,17H2,1-2H3. The Morgan fingerprint density at radius 3 is 2.40 bits per heavy atom. The largest absolute Gasteiger partial charge is 0.504 e. The van der Waals surface area contributed by atoms with Gasteiger partial charge in [0.05, 0.1) is 5.52 Å². The number of ether oxygens (including phenoxy) is 2. The van der Waals surface area contributed by atoms with Crippen LogP contribution in [0, 0.1) is 6.92 Å². The maximum absolute atomic E-state index is 11.9. The average molecular weight is 350 g/mol. The van der Waals surface area contributed by atoms with Crippen LogP contribution in [0.25, 0.3) is 10.9 Å². The monoisotopic (exact) mass is 350 g/mol. The van der Waals surface area contributed by atoms with Crippen molar-refractivity contribution in [3.8, 4) is 17.2 Å². The van der Waals surface area contributed by atoms with E-state index in [4.69, 9.17) is 15.2 Å². The number of phenols is 1. The number of aromatic hydroxyl groups is 1. The summed E-state index contributed by atoms with van der Waals surface area (Å²) in [7, 11) is 1.76. The van der Waals surface area contributed by atoms with Crippen LogP contribution in [-0.4, -0.2) is 50.6 Å². The Labute approximate surface area is 142 Å². The summed E-state index contributed by atoms with van der Waals surface area (Å²) in [6.07, 6.45) is -3.72. The molecule has 1 aromatic carbocycles. The fourth-order valence-corrected chi connectivity index (χ4v) is 2.95. The number of hydrogen-bond donors (Lipinski definition) is 4. The summed E-state index contributed by atoms with van der Waals surface area (Å²) in [5, 5.41) is 30.3. The lowest BCUT2D eigenvalue weighted by molar-refractivity contribution is -0.164. The molecule has 2 aromatic rings. The maximum Gasteiger partial charge on any atom is 0.344 e. The van der Waals surface area contributed by atoms with Gasteiger partial charge in [-0.2, -0.15) is 0 Å². The van der Waals surface area contributed by atoms with Crippen LogP contribution >= 0.6 is 0 Å². The van der Waals surface area contributed by atoms with Gasteiger partial charge >= 0.3 is 11.9 Å². The third-order valence-corrected chi connectivity index (χ3v) is 4.39. The van der Waals surface area contributed by atoms with Gasteiger partial charge in [-0.25, -0.2) is 9.59 Å². The van der Waals surface area contributed by atoms with E-state index in [1.807, 2.05) is 6.92 Å². The Balaban J connectivity index is 2.30. The van der Waals surface area contributed by atoms with Crippen LogP contribution < -0.4 is 15.2 Å². The Kier molecular flexibility index (Phi) is 4.15. The highest BCUT2D eigenvalue weighted by molar-refractivity contribution is 5.98. The number of phenolic OH excluding ortho intramolecular Hbond substituents is 1. The second kappa shape index (κ2) is 6.03. The summed E-state index contributed by atoms with van der Waals surface area (Å²) in [5.41, 5.74) is 7.78. The van der Waals surface area contributed by atoms with E-state index in [9.17, 15) is 24.9 Å². The Morgan fingerprint density at radius 2 is 1.80 bits per heavy atom. The molecule has 9 heteroatoms. The number of esters is 2. The molecule has 0 saturated carbocycles. The number of benzene rings is 1. The smallest absolute Gasteiger partial charge is 0.344 e. The van der Waals surface area contributed by atoms with Crippen molar-refractivity contribution in [3.05, 3.63) is 17.3 Å². The van der Waals surface area contributed by atoms with E-state index in [0.29, 0.717) is 23.9 Å². The number of nitrogens with two attached hydrogens (primary N) is 1. The van der Waals surface area contributed by atoms with Gasteiger partial charge in [-0.05, 0) is 25.5 Å².